The van der Waals surface area contributed by atoms with Gasteiger partial charge in [0.2, 0.25) is 0 Å². The molecule has 3 rings (SSSR count). The summed E-state index contributed by atoms with van der Waals surface area (Å²) in [5.41, 5.74) is 8.55. The molecule has 1 aliphatic rings. The standard InChI is InChI=1S/C13H17N3/c1-16-11-6-3-2-5-10(11)15-12(16)9-13(14)7-4-8-13/h2-3,5-6H,4,7-9,14H2,1H3. The van der Waals surface area contributed by atoms with Gasteiger partial charge in [-0.25, -0.2) is 4.98 Å². The molecule has 0 radical (unpaired) electrons. The van der Waals surface area contributed by atoms with Crippen LogP contribution in [0.1, 0.15) is 25.1 Å². The van der Waals surface area contributed by atoms with Gasteiger partial charge in [-0.2, -0.15) is 0 Å². The predicted molar refractivity (Wildman–Crippen MR) is 65.2 cm³/mol. The highest BCUT2D eigenvalue weighted by atomic mass is 15.1. The van der Waals surface area contributed by atoms with E-state index in [1.165, 1.54) is 11.9 Å². The van der Waals surface area contributed by atoms with Crippen LogP contribution in [0.5, 0.6) is 0 Å². The fourth-order valence-electron chi connectivity index (χ4n) is 2.48. The van der Waals surface area contributed by atoms with Crippen molar-refractivity contribution in [3.8, 4) is 0 Å². The highest BCUT2D eigenvalue weighted by Crippen LogP contribution is 2.32. The molecule has 1 saturated carbocycles. The molecular weight excluding hydrogens is 198 g/mol. The van der Waals surface area contributed by atoms with Crippen molar-refractivity contribution >= 4 is 11.0 Å². The van der Waals surface area contributed by atoms with E-state index in [0.717, 1.165) is 30.6 Å². The lowest BCUT2D eigenvalue weighted by atomic mass is 9.75. The van der Waals surface area contributed by atoms with Gasteiger partial charge < -0.3 is 10.3 Å². The maximum Gasteiger partial charge on any atom is 0.111 e. The lowest BCUT2D eigenvalue weighted by Crippen LogP contribution is -2.48. The Morgan fingerprint density at radius 3 is 2.75 bits per heavy atom. The normalized spacial score (nSPS) is 18.6. The van der Waals surface area contributed by atoms with Crippen molar-refractivity contribution in [2.24, 2.45) is 12.8 Å². The number of hydrogen-bond acceptors (Lipinski definition) is 2. The highest BCUT2D eigenvalue weighted by molar-refractivity contribution is 5.75. The van der Waals surface area contributed by atoms with Gasteiger partial charge in [0, 0.05) is 19.0 Å². The summed E-state index contributed by atoms with van der Waals surface area (Å²) in [6.45, 7) is 0. The fourth-order valence-corrected chi connectivity index (χ4v) is 2.48. The summed E-state index contributed by atoms with van der Waals surface area (Å²) in [7, 11) is 2.08. The minimum Gasteiger partial charge on any atom is -0.331 e. The predicted octanol–water partition coefficient (Wildman–Crippen LogP) is 2.00. The summed E-state index contributed by atoms with van der Waals surface area (Å²) in [4.78, 5) is 4.66. The third-order valence-electron chi connectivity index (χ3n) is 3.74. The summed E-state index contributed by atoms with van der Waals surface area (Å²) < 4.78 is 2.17. The Balaban J connectivity index is 2.00. The lowest BCUT2D eigenvalue weighted by molar-refractivity contribution is 0.242. The van der Waals surface area contributed by atoms with Crippen molar-refractivity contribution in [3.63, 3.8) is 0 Å². The van der Waals surface area contributed by atoms with Crippen LogP contribution < -0.4 is 5.73 Å². The summed E-state index contributed by atoms with van der Waals surface area (Å²) in [5, 5.41) is 0. The van der Waals surface area contributed by atoms with Crippen molar-refractivity contribution in [1.29, 1.82) is 0 Å². The van der Waals surface area contributed by atoms with Gasteiger partial charge in [-0.1, -0.05) is 12.1 Å². The number of rotatable bonds is 2. The van der Waals surface area contributed by atoms with Gasteiger partial charge in [0.15, 0.2) is 0 Å². The largest absolute Gasteiger partial charge is 0.331 e. The number of imidazole rings is 1. The number of para-hydroxylation sites is 2. The molecule has 1 aromatic heterocycles. The van der Waals surface area contributed by atoms with Gasteiger partial charge in [-0.05, 0) is 31.4 Å². The van der Waals surface area contributed by atoms with Crippen LogP contribution in [-0.4, -0.2) is 15.1 Å². The number of nitrogens with zero attached hydrogens (tertiary/aromatic N) is 2. The van der Waals surface area contributed by atoms with Gasteiger partial charge in [-0.3, -0.25) is 0 Å². The van der Waals surface area contributed by atoms with Gasteiger partial charge in [0.25, 0.3) is 0 Å². The molecule has 1 heterocycles. The number of fused-ring (bicyclic) bond motifs is 1. The number of aromatic nitrogens is 2. The Morgan fingerprint density at radius 1 is 1.38 bits per heavy atom. The number of nitrogens with two attached hydrogens (primary N) is 1. The van der Waals surface area contributed by atoms with Crippen molar-refractivity contribution in [2.45, 2.75) is 31.2 Å². The zero-order valence-corrected chi connectivity index (χ0v) is 9.61. The van der Waals surface area contributed by atoms with Crippen molar-refractivity contribution in [3.05, 3.63) is 30.1 Å². The van der Waals surface area contributed by atoms with Crippen LogP contribution in [-0.2, 0) is 13.5 Å². The maximum atomic E-state index is 6.27. The summed E-state index contributed by atoms with van der Waals surface area (Å²) in [6, 6.07) is 8.24. The molecule has 0 amide bonds. The SMILES string of the molecule is Cn1c(CC2(N)CCC2)nc2ccccc21. The molecular formula is C13H17N3. The van der Waals surface area contributed by atoms with Crippen LogP contribution in [0.15, 0.2) is 24.3 Å². The monoisotopic (exact) mass is 215 g/mol. The van der Waals surface area contributed by atoms with Gasteiger partial charge in [-0.15, -0.1) is 0 Å². The van der Waals surface area contributed by atoms with Crippen LogP contribution in [0.2, 0.25) is 0 Å². The van der Waals surface area contributed by atoms with Gasteiger partial charge in [0.05, 0.1) is 11.0 Å². The second kappa shape index (κ2) is 3.32. The molecule has 0 atom stereocenters. The first-order valence-electron chi connectivity index (χ1n) is 5.87. The summed E-state index contributed by atoms with van der Waals surface area (Å²) in [6.07, 6.45) is 4.44. The lowest BCUT2D eigenvalue weighted by Gasteiger charge is -2.37. The van der Waals surface area contributed by atoms with E-state index >= 15 is 0 Å². The first-order valence-corrected chi connectivity index (χ1v) is 5.87. The molecule has 2 N–H and O–H groups in total. The third kappa shape index (κ3) is 1.43. The molecule has 16 heavy (non-hydrogen) atoms. The Bertz CT molecular complexity index is 523. The van der Waals surface area contributed by atoms with Crippen molar-refractivity contribution in [1.82, 2.24) is 9.55 Å². The van der Waals surface area contributed by atoms with E-state index in [2.05, 4.69) is 34.8 Å². The fraction of sp³-hybridized carbons (Fsp3) is 0.462. The van der Waals surface area contributed by atoms with E-state index in [9.17, 15) is 0 Å². The molecule has 0 spiro atoms. The van der Waals surface area contributed by atoms with E-state index in [1.807, 2.05) is 6.07 Å². The Morgan fingerprint density at radius 2 is 2.12 bits per heavy atom. The molecule has 1 aromatic carbocycles. The highest BCUT2D eigenvalue weighted by Gasteiger charge is 2.33. The van der Waals surface area contributed by atoms with Crippen molar-refractivity contribution in [2.75, 3.05) is 0 Å². The molecule has 1 aliphatic carbocycles. The van der Waals surface area contributed by atoms with E-state index in [0.29, 0.717) is 0 Å². The van der Waals surface area contributed by atoms with Crippen LogP contribution in [0.3, 0.4) is 0 Å². The van der Waals surface area contributed by atoms with E-state index in [4.69, 9.17) is 5.73 Å². The van der Waals surface area contributed by atoms with Crippen LogP contribution in [0.4, 0.5) is 0 Å². The molecule has 2 aromatic rings. The second-order valence-corrected chi connectivity index (χ2v) is 4.97. The number of hydrogen-bond donors (Lipinski definition) is 1. The third-order valence-corrected chi connectivity index (χ3v) is 3.74. The van der Waals surface area contributed by atoms with E-state index in [-0.39, 0.29) is 5.54 Å². The van der Waals surface area contributed by atoms with Gasteiger partial charge in [0.1, 0.15) is 5.82 Å². The van der Waals surface area contributed by atoms with E-state index < -0.39 is 0 Å². The first kappa shape index (κ1) is 9.85. The second-order valence-electron chi connectivity index (χ2n) is 4.97. The molecule has 1 fully saturated rings. The van der Waals surface area contributed by atoms with Gasteiger partial charge >= 0.3 is 0 Å². The molecule has 0 unspecified atom stereocenters. The molecule has 3 nitrogen and oxygen atoms in total. The molecule has 0 bridgehead atoms. The number of benzene rings is 1. The first-order chi connectivity index (χ1) is 7.68. The van der Waals surface area contributed by atoms with Crippen LogP contribution in [0, 0.1) is 0 Å². The van der Waals surface area contributed by atoms with E-state index in [1.54, 1.807) is 0 Å². The maximum absolute atomic E-state index is 6.27. The zero-order valence-electron chi connectivity index (χ0n) is 9.61. The Labute approximate surface area is 95.3 Å². The molecule has 0 saturated heterocycles. The average molecular weight is 215 g/mol. The molecule has 84 valence electrons. The molecule has 3 heteroatoms. The molecule has 0 aliphatic heterocycles. The smallest absolute Gasteiger partial charge is 0.111 e. The van der Waals surface area contributed by atoms with Crippen molar-refractivity contribution < 1.29 is 0 Å². The summed E-state index contributed by atoms with van der Waals surface area (Å²) >= 11 is 0. The zero-order chi connectivity index (χ0) is 11.2. The Hall–Kier alpha value is -1.35. The minimum atomic E-state index is 0.00906. The van der Waals surface area contributed by atoms with Crippen LogP contribution >= 0.6 is 0 Å². The summed E-state index contributed by atoms with van der Waals surface area (Å²) in [5.74, 6) is 1.11. The quantitative estimate of drug-likeness (QED) is 0.832. The Kier molecular flexibility index (Phi) is 2.04. The van der Waals surface area contributed by atoms with Crippen LogP contribution in [0.25, 0.3) is 11.0 Å². The average Bonchev–Trinajstić information content (AvgIpc) is 2.55. The topological polar surface area (TPSA) is 43.8 Å². The number of aryl methyl sites for hydroxylation is 1. The minimum absolute atomic E-state index is 0.00906.